The molecule has 1 saturated heterocycles. The van der Waals surface area contributed by atoms with Crippen molar-refractivity contribution in [2.75, 3.05) is 0 Å². The van der Waals surface area contributed by atoms with E-state index in [0.717, 1.165) is 12.0 Å². The lowest BCUT2D eigenvalue weighted by atomic mass is 10.1. The molecule has 2 rings (SSSR count). The van der Waals surface area contributed by atoms with Crippen LogP contribution < -0.4 is 5.32 Å². The molecule has 14 heavy (non-hydrogen) atoms. The maximum atomic E-state index is 11.0. The van der Waals surface area contributed by atoms with Gasteiger partial charge in [-0.3, -0.25) is 4.79 Å². The van der Waals surface area contributed by atoms with Crippen LogP contribution in [-0.4, -0.2) is 16.1 Å². The van der Waals surface area contributed by atoms with E-state index < -0.39 is 0 Å². The fourth-order valence-electron chi connectivity index (χ4n) is 1.62. The smallest absolute Gasteiger partial charge is 0.220 e. The second-order valence-electron chi connectivity index (χ2n) is 3.41. The minimum Gasteiger partial charge on any atom is -0.504 e. The first-order valence-corrected chi connectivity index (χ1v) is 4.48. The highest BCUT2D eigenvalue weighted by atomic mass is 16.3. The first-order chi connectivity index (χ1) is 6.66. The summed E-state index contributed by atoms with van der Waals surface area (Å²) in [6.45, 7) is 0. The summed E-state index contributed by atoms with van der Waals surface area (Å²) in [6.07, 6.45) is 1.26. The van der Waals surface area contributed by atoms with Gasteiger partial charge in [0.05, 0.1) is 6.04 Å². The van der Waals surface area contributed by atoms with Crippen molar-refractivity contribution in [3.05, 3.63) is 23.8 Å². The molecule has 0 spiro atoms. The van der Waals surface area contributed by atoms with Crippen molar-refractivity contribution in [2.45, 2.75) is 18.9 Å². The SMILES string of the molecule is O=C1CCC(c2ccc(O)c(O)c2)N1. The van der Waals surface area contributed by atoms with Gasteiger partial charge in [-0.15, -0.1) is 0 Å². The van der Waals surface area contributed by atoms with Crippen LogP contribution in [0.5, 0.6) is 11.5 Å². The van der Waals surface area contributed by atoms with Crippen molar-refractivity contribution in [3.8, 4) is 11.5 Å². The van der Waals surface area contributed by atoms with E-state index in [1.807, 2.05) is 0 Å². The maximum absolute atomic E-state index is 11.0. The number of carbonyl (C=O) groups is 1. The van der Waals surface area contributed by atoms with Crippen molar-refractivity contribution in [2.24, 2.45) is 0 Å². The van der Waals surface area contributed by atoms with Gasteiger partial charge >= 0.3 is 0 Å². The van der Waals surface area contributed by atoms with Crippen LogP contribution in [-0.2, 0) is 4.79 Å². The second-order valence-corrected chi connectivity index (χ2v) is 3.41. The van der Waals surface area contributed by atoms with Crippen LogP contribution in [0.2, 0.25) is 0 Å². The summed E-state index contributed by atoms with van der Waals surface area (Å²) in [6, 6.07) is 4.57. The van der Waals surface area contributed by atoms with Crippen LogP contribution in [0.4, 0.5) is 0 Å². The highest BCUT2D eigenvalue weighted by molar-refractivity contribution is 5.78. The number of amides is 1. The molecule has 1 atom stereocenters. The molecule has 0 radical (unpaired) electrons. The van der Waals surface area contributed by atoms with Crippen molar-refractivity contribution < 1.29 is 15.0 Å². The van der Waals surface area contributed by atoms with E-state index in [-0.39, 0.29) is 23.4 Å². The lowest BCUT2D eigenvalue weighted by Crippen LogP contribution is -2.18. The number of aromatic hydroxyl groups is 2. The summed E-state index contributed by atoms with van der Waals surface area (Å²) in [5.74, 6) is -0.260. The topological polar surface area (TPSA) is 69.6 Å². The zero-order valence-electron chi connectivity index (χ0n) is 7.53. The molecule has 74 valence electrons. The Morgan fingerprint density at radius 3 is 2.64 bits per heavy atom. The molecule has 4 heteroatoms. The van der Waals surface area contributed by atoms with E-state index in [1.165, 1.54) is 12.1 Å². The van der Waals surface area contributed by atoms with Gasteiger partial charge in [0, 0.05) is 6.42 Å². The number of nitrogens with one attached hydrogen (secondary N) is 1. The average molecular weight is 193 g/mol. The molecule has 0 aliphatic carbocycles. The fourth-order valence-corrected chi connectivity index (χ4v) is 1.62. The minimum atomic E-state index is -0.149. The first kappa shape index (κ1) is 8.87. The summed E-state index contributed by atoms with van der Waals surface area (Å²) in [4.78, 5) is 11.0. The van der Waals surface area contributed by atoms with Crippen LogP contribution in [0, 0.1) is 0 Å². The quantitative estimate of drug-likeness (QED) is 0.584. The Hall–Kier alpha value is -1.71. The molecule has 3 N–H and O–H groups in total. The van der Waals surface area contributed by atoms with Crippen LogP contribution in [0.1, 0.15) is 24.4 Å². The van der Waals surface area contributed by atoms with E-state index >= 15 is 0 Å². The van der Waals surface area contributed by atoms with E-state index in [4.69, 9.17) is 5.11 Å². The summed E-state index contributed by atoms with van der Waals surface area (Å²) < 4.78 is 0. The number of phenols is 2. The molecule has 1 unspecified atom stereocenters. The molecule has 0 bridgehead atoms. The Kier molecular flexibility index (Phi) is 2.04. The number of benzene rings is 1. The Morgan fingerprint density at radius 2 is 2.07 bits per heavy atom. The Labute approximate surface area is 81.2 Å². The highest BCUT2D eigenvalue weighted by Crippen LogP contribution is 2.31. The van der Waals surface area contributed by atoms with Crippen molar-refractivity contribution in [1.82, 2.24) is 5.32 Å². The number of hydrogen-bond donors (Lipinski definition) is 3. The number of rotatable bonds is 1. The molecule has 0 saturated carbocycles. The van der Waals surface area contributed by atoms with Gasteiger partial charge in [-0.2, -0.15) is 0 Å². The lowest BCUT2D eigenvalue weighted by molar-refractivity contribution is -0.119. The van der Waals surface area contributed by atoms with Gasteiger partial charge in [-0.25, -0.2) is 0 Å². The Bertz CT molecular complexity index is 376. The number of carbonyl (C=O) groups excluding carboxylic acids is 1. The van der Waals surface area contributed by atoms with Crippen LogP contribution >= 0.6 is 0 Å². The highest BCUT2D eigenvalue weighted by Gasteiger charge is 2.22. The molecule has 1 heterocycles. The third kappa shape index (κ3) is 1.51. The van der Waals surface area contributed by atoms with E-state index in [2.05, 4.69) is 5.32 Å². The Morgan fingerprint density at radius 1 is 1.29 bits per heavy atom. The molecule has 1 aromatic carbocycles. The van der Waals surface area contributed by atoms with Gasteiger partial charge in [-0.1, -0.05) is 6.07 Å². The molecule has 1 fully saturated rings. The zero-order valence-corrected chi connectivity index (χ0v) is 7.53. The molecule has 0 aromatic heterocycles. The molecule has 4 nitrogen and oxygen atoms in total. The number of phenolic OH excluding ortho intramolecular Hbond substituents is 2. The lowest BCUT2D eigenvalue weighted by Gasteiger charge is -2.10. The first-order valence-electron chi connectivity index (χ1n) is 4.48. The summed E-state index contributed by atoms with van der Waals surface area (Å²) in [5, 5.41) is 21.1. The van der Waals surface area contributed by atoms with Crippen LogP contribution in [0.3, 0.4) is 0 Å². The van der Waals surface area contributed by atoms with Gasteiger partial charge in [0.15, 0.2) is 11.5 Å². The molecule has 1 amide bonds. The van der Waals surface area contributed by atoms with E-state index in [9.17, 15) is 9.90 Å². The maximum Gasteiger partial charge on any atom is 0.220 e. The fraction of sp³-hybridized carbons (Fsp3) is 0.300. The van der Waals surface area contributed by atoms with Gasteiger partial charge in [0.2, 0.25) is 5.91 Å². The predicted octanol–water partition coefficient (Wildman–Crippen LogP) is 1.05. The van der Waals surface area contributed by atoms with Crippen molar-refractivity contribution in [1.29, 1.82) is 0 Å². The average Bonchev–Trinajstić information content (AvgIpc) is 2.57. The van der Waals surface area contributed by atoms with E-state index in [0.29, 0.717) is 6.42 Å². The standard InChI is InChI=1S/C10H11NO3/c12-8-3-1-6(5-9(8)13)7-2-4-10(14)11-7/h1,3,5,7,12-13H,2,4H2,(H,11,14). The van der Waals surface area contributed by atoms with Gasteiger partial charge in [-0.05, 0) is 24.1 Å². The normalized spacial score (nSPS) is 20.9. The Balaban J connectivity index is 2.24. The minimum absolute atomic E-state index is 0.0302. The third-order valence-electron chi connectivity index (χ3n) is 2.40. The predicted molar refractivity (Wildman–Crippen MR) is 49.9 cm³/mol. The van der Waals surface area contributed by atoms with Gasteiger partial charge in [0.1, 0.15) is 0 Å². The summed E-state index contributed by atoms with van der Waals surface area (Å²) in [5.41, 5.74) is 0.825. The van der Waals surface area contributed by atoms with Crippen LogP contribution in [0.25, 0.3) is 0 Å². The van der Waals surface area contributed by atoms with Crippen molar-refractivity contribution in [3.63, 3.8) is 0 Å². The van der Waals surface area contributed by atoms with Gasteiger partial charge in [0.25, 0.3) is 0 Å². The van der Waals surface area contributed by atoms with Gasteiger partial charge < -0.3 is 15.5 Å². The largest absolute Gasteiger partial charge is 0.504 e. The number of hydrogen-bond acceptors (Lipinski definition) is 3. The monoisotopic (exact) mass is 193 g/mol. The molecule has 1 aromatic rings. The second kappa shape index (κ2) is 3.21. The summed E-state index contributed by atoms with van der Waals surface area (Å²) >= 11 is 0. The molecule has 1 aliphatic rings. The van der Waals surface area contributed by atoms with E-state index in [1.54, 1.807) is 6.07 Å². The zero-order chi connectivity index (χ0) is 10.1. The molecule has 1 aliphatic heterocycles. The third-order valence-corrected chi connectivity index (χ3v) is 2.40. The molecular weight excluding hydrogens is 182 g/mol. The summed E-state index contributed by atoms with van der Waals surface area (Å²) in [7, 11) is 0. The van der Waals surface area contributed by atoms with Crippen LogP contribution in [0.15, 0.2) is 18.2 Å². The molecular formula is C10H11NO3. The van der Waals surface area contributed by atoms with Crippen molar-refractivity contribution >= 4 is 5.91 Å².